The summed E-state index contributed by atoms with van der Waals surface area (Å²) < 4.78 is 21.2. The summed E-state index contributed by atoms with van der Waals surface area (Å²) in [5, 5.41) is 0. The highest BCUT2D eigenvalue weighted by molar-refractivity contribution is 4.67. The summed E-state index contributed by atoms with van der Waals surface area (Å²) in [7, 11) is 0. The fraction of sp³-hybridized carbons (Fsp3) is 1.00. The van der Waals surface area contributed by atoms with Crippen LogP contribution in [-0.2, 0) is 18.9 Å². The van der Waals surface area contributed by atoms with Gasteiger partial charge in [-0.1, -0.05) is 6.92 Å². The Bertz CT molecular complexity index is 147. The predicted octanol–water partition coefficient (Wildman–Crippen LogP) is -0.345. The Hall–Kier alpha value is -0.200. The van der Waals surface area contributed by atoms with Gasteiger partial charge < -0.3 is 24.7 Å². The molecule has 0 radical (unpaired) electrons. The molecule has 2 rings (SSSR count). The molecule has 0 bridgehead atoms. The molecule has 13 heavy (non-hydrogen) atoms. The van der Waals surface area contributed by atoms with Crippen LogP contribution in [0.4, 0.5) is 0 Å². The summed E-state index contributed by atoms with van der Waals surface area (Å²) in [6, 6.07) is -0.0859. The van der Waals surface area contributed by atoms with E-state index >= 15 is 0 Å². The standard InChI is InChI=1S/C8H15NO4/c1-6-2-10-8(11-3-6)12-4-7(9)5-13-8/h6-7H,2-5,9H2,1H3. The second kappa shape index (κ2) is 3.51. The van der Waals surface area contributed by atoms with Crippen molar-refractivity contribution in [1.82, 2.24) is 0 Å². The van der Waals surface area contributed by atoms with Gasteiger partial charge in [0.2, 0.25) is 0 Å². The molecule has 2 fully saturated rings. The topological polar surface area (TPSA) is 62.9 Å². The SMILES string of the molecule is CC1COC2(OC1)OCC(N)CO2. The first-order chi connectivity index (χ1) is 6.20. The van der Waals surface area contributed by atoms with Crippen LogP contribution in [0, 0.1) is 5.92 Å². The lowest BCUT2D eigenvalue weighted by Gasteiger charge is -2.40. The van der Waals surface area contributed by atoms with Crippen molar-refractivity contribution in [3.05, 3.63) is 0 Å². The summed E-state index contributed by atoms with van der Waals surface area (Å²) in [6.45, 7) is 4.05. The number of rotatable bonds is 0. The van der Waals surface area contributed by atoms with Crippen LogP contribution < -0.4 is 5.73 Å². The van der Waals surface area contributed by atoms with Crippen LogP contribution in [0.1, 0.15) is 6.92 Å². The molecule has 5 nitrogen and oxygen atoms in total. The van der Waals surface area contributed by atoms with Gasteiger partial charge in [0.05, 0.1) is 32.5 Å². The van der Waals surface area contributed by atoms with Gasteiger partial charge in [0.15, 0.2) is 0 Å². The Morgan fingerprint density at radius 3 is 2.00 bits per heavy atom. The molecule has 2 aliphatic heterocycles. The van der Waals surface area contributed by atoms with E-state index in [1.807, 2.05) is 6.92 Å². The zero-order valence-electron chi connectivity index (χ0n) is 7.69. The quantitative estimate of drug-likeness (QED) is 0.564. The molecule has 76 valence electrons. The van der Waals surface area contributed by atoms with Crippen molar-refractivity contribution in [1.29, 1.82) is 0 Å². The highest BCUT2D eigenvalue weighted by Gasteiger charge is 2.43. The van der Waals surface area contributed by atoms with E-state index in [4.69, 9.17) is 24.7 Å². The number of hydrogen-bond donors (Lipinski definition) is 1. The average molecular weight is 189 g/mol. The third-order valence-electron chi connectivity index (χ3n) is 2.04. The first-order valence-corrected chi connectivity index (χ1v) is 4.51. The molecule has 0 amide bonds. The molecule has 0 atom stereocenters. The lowest BCUT2D eigenvalue weighted by atomic mass is 10.2. The van der Waals surface area contributed by atoms with Crippen molar-refractivity contribution in [3.63, 3.8) is 0 Å². The van der Waals surface area contributed by atoms with Gasteiger partial charge in [-0.3, -0.25) is 0 Å². The first-order valence-electron chi connectivity index (χ1n) is 4.51. The fourth-order valence-electron chi connectivity index (χ4n) is 1.25. The minimum Gasteiger partial charge on any atom is -0.324 e. The smallest absolute Gasteiger partial charge is 0.324 e. The van der Waals surface area contributed by atoms with Crippen LogP contribution in [0.2, 0.25) is 0 Å². The van der Waals surface area contributed by atoms with Gasteiger partial charge in [0.1, 0.15) is 0 Å². The van der Waals surface area contributed by atoms with Crippen molar-refractivity contribution in [2.75, 3.05) is 26.4 Å². The lowest BCUT2D eigenvalue weighted by molar-refractivity contribution is -0.530. The predicted molar refractivity (Wildman–Crippen MR) is 43.7 cm³/mol. The van der Waals surface area contributed by atoms with Gasteiger partial charge in [0, 0.05) is 5.92 Å². The van der Waals surface area contributed by atoms with Crippen LogP contribution in [-0.4, -0.2) is 38.6 Å². The number of ether oxygens (including phenoxy) is 4. The zero-order chi connectivity index (χ0) is 9.31. The van der Waals surface area contributed by atoms with E-state index in [1.54, 1.807) is 0 Å². The van der Waals surface area contributed by atoms with E-state index in [9.17, 15) is 0 Å². The van der Waals surface area contributed by atoms with Crippen LogP contribution in [0.5, 0.6) is 0 Å². The summed E-state index contributed by atoms with van der Waals surface area (Å²) >= 11 is 0. The van der Waals surface area contributed by atoms with Crippen molar-refractivity contribution in [2.45, 2.75) is 19.1 Å². The van der Waals surface area contributed by atoms with E-state index in [0.717, 1.165) is 0 Å². The van der Waals surface area contributed by atoms with E-state index in [-0.39, 0.29) is 6.04 Å². The fourth-order valence-corrected chi connectivity index (χ4v) is 1.25. The molecule has 0 saturated carbocycles. The minimum atomic E-state index is -1.26. The molecule has 2 heterocycles. The van der Waals surface area contributed by atoms with Crippen molar-refractivity contribution >= 4 is 0 Å². The molecule has 2 N–H and O–H groups in total. The molecular formula is C8H15NO4. The Morgan fingerprint density at radius 1 is 1.00 bits per heavy atom. The summed E-state index contributed by atoms with van der Waals surface area (Å²) in [5.74, 6) is 0.383. The molecule has 0 aromatic rings. The minimum absolute atomic E-state index is 0.0859. The maximum absolute atomic E-state index is 5.59. The third kappa shape index (κ3) is 2.00. The Kier molecular flexibility index (Phi) is 2.53. The monoisotopic (exact) mass is 189 g/mol. The summed E-state index contributed by atoms with van der Waals surface area (Å²) in [5.41, 5.74) is 5.59. The molecular weight excluding hydrogens is 174 g/mol. The largest absolute Gasteiger partial charge is 0.412 e. The van der Waals surface area contributed by atoms with Crippen LogP contribution in [0.25, 0.3) is 0 Å². The Morgan fingerprint density at radius 2 is 1.46 bits per heavy atom. The van der Waals surface area contributed by atoms with E-state index in [2.05, 4.69) is 0 Å². The van der Waals surface area contributed by atoms with Crippen LogP contribution >= 0.6 is 0 Å². The molecule has 2 aliphatic rings. The van der Waals surface area contributed by atoms with Crippen molar-refractivity contribution in [2.24, 2.45) is 11.7 Å². The molecule has 2 saturated heterocycles. The first kappa shape index (κ1) is 9.36. The molecule has 5 heteroatoms. The van der Waals surface area contributed by atoms with Crippen LogP contribution in [0.3, 0.4) is 0 Å². The third-order valence-corrected chi connectivity index (χ3v) is 2.04. The average Bonchev–Trinajstić information content (AvgIpc) is 2.16. The van der Waals surface area contributed by atoms with Crippen molar-refractivity contribution in [3.8, 4) is 0 Å². The molecule has 0 aromatic heterocycles. The Labute approximate surface area is 77.1 Å². The summed E-state index contributed by atoms with van der Waals surface area (Å²) in [4.78, 5) is 0. The van der Waals surface area contributed by atoms with E-state index in [1.165, 1.54) is 0 Å². The number of hydrogen-bond acceptors (Lipinski definition) is 5. The number of nitrogens with two attached hydrogens (primary N) is 1. The maximum atomic E-state index is 5.59. The lowest BCUT2D eigenvalue weighted by Crippen LogP contribution is -2.55. The van der Waals surface area contributed by atoms with Gasteiger partial charge in [-0.2, -0.15) is 0 Å². The van der Waals surface area contributed by atoms with E-state index in [0.29, 0.717) is 32.3 Å². The second-order valence-electron chi connectivity index (χ2n) is 3.61. The van der Waals surface area contributed by atoms with E-state index < -0.39 is 6.16 Å². The molecule has 1 spiro atoms. The molecule has 0 aliphatic carbocycles. The van der Waals surface area contributed by atoms with Gasteiger partial charge in [-0.05, 0) is 0 Å². The van der Waals surface area contributed by atoms with Gasteiger partial charge in [-0.25, -0.2) is 0 Å². The van der Waals surface area contributed by atoms with Gasteiger partial charge in [0.25, 0.3) is 0 Å². The van der Waals surface area contributed by atoms with Gasteiger partial charge >= 0.3 is 6.16 Å². The normalized spacial score (nSPS) is 46.6. The maximum Gasteiger partial charge on any atom is 0.412 e. The second-order valence-corrected chi connectivity index (χ2v) is 3.61. The Balaban J connectivity index is 1.90. The highest BCUT2D eigenvalue weighted by Crippen LogP contribution is 2.26. The van der Waals surface area contributed by atoms with Gasteiger partial charge in [-0.15, -0.1) is 0 Å². The van der Waals surface area contributed by atoms with Crippen LogP contribution in [0.15, 0.2) is 0 Å². The molecule has 0 unspecified atom stereocenters. The van der Waals surface area contributed by atoms with Crippen molar-refractivity contribution < 1.29 is 18.9 Å². The summed E-state index contributed by atoms with van der Waals surface area (Å²) in [6.07, 6.45) is -1.26. The zero-order valence-corrected chi connectivity index (χ0v) is 7.69. The molecule has 0 aromatic carbocycles. The highest BCUT2D eigenvalue weighted by atomic mass is 17.0.